The van der Waals surface area contributed by atoms with E-state index >= 15 is 0 Å². The average Bonchev–Trinajstić information content (AvgIpc) is 2.90. The second-order valence-corrected chi connectivity index (χ2v) is 8.03. The third-order valence-electron chi connectivity index (χ3n) is 2.76. The van der Waals surface area contributed by atoms with Gasteiger partial charge < -0.3 is 0 Å². The molecule has 0 unspecified atom stereocenters. The van der Waals surface area contributed by atoms with Crippen molar-refractivity contribution in [2.45, 2.75) is 11.4 Å². The van der Waals surface area contributed by atoms with Gasteiger partial charge in [-0.25, -0.2) is 12.8 Å². The van der Waals surface area contributed by atoms with E-state index in [1.54, 1.807) is 0 Å². The van der Waals surface area contributed by atoms with E-state index in [2.05, 4.69) is 22.5 Å². The normalized spacial score (nSPS) is 11.8. The van der Waals surface area contributed by atoms with Gasteiger partial charge in [0, 0.05) is 22.4 Å². The molecule has 0 fully saturated rings. The van der Waals surface area contributed by atoms with Crippen molar-refractivity contribution >= 4 is 37.3 Å². The second kappa shape index (κ2) is 6.83. The molecule has 0 bridgehead atoms. The molecular weight excluding hydrogens is 377 g/mol. The Morgan fingerprint density at radius 1 is 1.38 bits per heavy atom. The molecular formula is C14H13BrFNO2S2. The fourth-order valence-corrected chi connectivity index (χ4v) is 4.99. The van der Waals surface area contributed by atoms with Crippen molar-refractivity contribution in [3.05, 3.63) is 63.5 Å². The van der Waals surface area contributed by atoms with E-state index in [-0.39, 0.29) is 22.5 Å². The van der Waals surface area contributed by atoms with E-state index in [9.17, 15) is 12.8 Å². The van der Waals surface area contributed by atoms with Gasteiger partial charge in [0.1, 0.15) is 5.82 Å². The van der Waals surface area contributed by atoms with Gasteiger partial charge >= 0.3 is 0 Å². The van der Waals surface area contributed by atoms with Gasteiger partial charge in [0.15, 0.2) is 0 Å². The number of nitrogens with zero attached hydrogens (tertiary/aromatic N) is 1. The zero-order chi connectivity index (χ0) is 15.5. The summed E-state index contributed by atoms with van der Waals surface area (Å²) in [5.41, 5.74) is 0. The van der Waals surface area contributed by atoms with Crippen LogP contribution in [0.5, 0.6) is 0 Å². The van der Waals surface area contributed by atoms with Crippen molar-refractivity contribution in [2.24, 2.45) is 0 Å². The molecule has 0 aliphatic heterocycles. The molecule has 1 heterocycles. The summed E-state index contributed by atoms with van der Waals surface area (Å²) in [5.74, 6) is -0.491. The number of hydrogen-bond acceptors (Lipinski definition) is 3. The highest BCUT2D eigenvalue weighted by atomic mass is 79.9. The van der Waals surface area contributed by atoms with Crippen LogP contribution in [0.2, 0.25) is 0 Å². The Kier molecular flexibility index (Phi) is 5.32. The predicted molar refractivity (Wildman–Crippen MR) is 86.2 cm³/mol. The molecule has 0 saturated heterocycles. The molecule has 0 spiro atoms. The maximum atomic E-state index is 13.1. The summed E-state index contributed by atoms with van der Waals surface area (Å²) >= 11 is 4.59. The summed E-state index contributed by atoms with van der Waals surface area (Å²) < 4.78 is 40.1. The maximum Gasteiger partial charge on any atom is 0.244 e. The number of halogens is 2. The number of hydrogen-bond donors (Lipinski definition) is 0. The number of benzene rings is 1. The average molecular weight is 390 g/mol. The Balaban J connectivity index is 2.39. The Morgan fingerprint density at radius 2 is 2.14 bits per heavy atom. The van der Waals surface area contributed by atoms with E-state index in [4.69, 9.17) is 0 Å². The van der Waals surface area contributed by atoms with Crippen molar-refractivity contribution in [3.8, 4) is 0 Å². The minimum absolute atomic E-state index is 0.0438. The van der Waals surface area contributed by atoms with Crippen molar-refractivity contribution in [2.75, 3.05) is 6.54 Å². The zero-order valence-electron chi connectivity index (χ0n) is 11.0. The first-order valence-corrected chi connectivity index (χ1v) is 9.15. The van der Waals surface area contributed by atoms with E-state index in [0.29, 0.717) is 0 Å². The quantitative estimate of drug-likeness (QED) is 0.699. The van der Waals surface area contributed by atoms with Gasteiger partial charge in [0.05, 0.1) is 4.90 Å². The Labute approximate surface area is 135 Å². The summed E-state index contributed by atoms with van der Waals surface area (Å²) in [6.07, 6.45) is 1.53. The van der Waals surface area contributed by atoms with Crippen molar-refractivity contribution in [1.82, 2.24) is 4.31 Å². The van der Waals surface area contributed by atoms with E-state index in [1.807, 2.05) is 17.5 Å². The molecule has 0 amide bonds. The van der Waals surface area contributed by atoms with Crippen LogP contribution < -0.4 is 0 Å². The van der Waals surface area contributed by atoms with E-state index in [0.717, 1.165) is 17.0 Å². The van der Waals surface area contributed by atoms with Gasteiger partial charge in [-0.1, -0.05) is 12.1 Å². The van der Waals surface area contributed by atoms with Crippen LogP contribution in [0.25, 0.3) is 0 Å². The molecule has 7 heteroatoms. The van der Waals surface area contributed by atoms with Gasteiger partial charge in [0.25, 0.3) is 0 Å². The summed E-state index contributed by atoms with van der Waals surface area (Å²) in [6, 6.07) is 7.28. The van der Waals surface area contributed by atoms with Gasteiger partial charge in [-0.3, -0.25) is 0 Å². The van der Waals surface area contributed by atoms with Crippen molar-refractivity contribution in [1.29, 1.82) is 0 Å². The van der Waals surface area contributed by atoms with Crippen molar-refractivity contribution < 1.29 is 12.8 Å². The molecule has 0 N–H and O–H groups in total. The lowest BCUT2D eigenvalue weighted by atomic mass is 10.3. The van der Waals surface area contributed by atoms with Crippen molar-refractivity contribution in [3.63, 3.8) is 0 Å². The number of sulfonamides is 1. The molecule has 21 heavy (non-hydrogen) atoms. The Morgan fingerprint density at radius 3 is 2.71 bits per heavy atom. The lowest BCUT2D eigenvalue weighted by Crippen LogP contribution is -2.30. The molecule has 0 radical (unpaired) electrons. The third-order valence-corrected chi connectivity index (χ3v) is 6.41. The summed E-state index contributed by atoms with van der Waals surface area (Å²) in [6.45, 7) is 4.04. The van der Waals surface area contributed by atoms with Crippen LogP contribution >= 0.6 is 27.3 Å². The third kappa shape index (κ3) is 3.79. The fourth-order valence-electron chi connectivity index (χ4n) is 1.79. The SMILES string of the molecule is C=CCN(Cc1cccs1)S(=O)(=O)c1ccc(F)cc1Br. The summed E-state index contributed by atoms with van der Waals surface area (Å²) in [4.78, 5) is 0.973. The summed E-state index contributed by atoms with van der Waals surface area (Å²) in [7, 11) is -3.73. The molecule has 0 aliphatic carbocycles. The first-order chi connectivity index (χ1) is 9.95. The molecule has 2 aromatic rings. The zero-order valence-corrected chi connectivity index (χ0v) is 14.2. The van der Waals surface area contributed by atoms with Crippen LogP contribution in [0.15, 0.2) is 57.7 Å². The van der Waals surface area contributed by atoms with Gasteiger partial charge in [-0.15, -0.1) is 17.9 Å². The lowest BCUT2D eigenvalue weighted by molar-refractivity contribution is 0.441. The highest BCUT2D eigenvalue weighted by molar-refractivity contribution is 9.10. The smallest absolute Gasteiger partial charge is 0.207 e. The fraction of sp³-hybridized carbons (Fsp3) is 0.143. The molecule has 2 rings (SSSR count). The van der Waals surface area contributed by atoms with Crippen LogP contribution in [-0.4, -0.2) is 19.3 Å². The molecule has 0 atom stereocenters. The molecule has 1 aromatic heterocycles. The van der Waals surface area contributed by atoms with Crippen LogP contribution in [0.3, 0.4) is 0 Å². The topological polar surface area (TPSA) is 37.4 Å². The van der Waals surface area contributed by atoms with Crippen LogP contribution in [-0.2, 0) is 16.6 Å². The molecule has 0 saturated carbocycles. The summed E-state index contributed by atoms with van der Waals surface area (Å²) in [5, 5.41) is 1.89. The maximum absolute atomic E-state index is 13.1. The van der Waals surface area contributed by atoms with Crippen LogP contribution in [0.4, 0.5) is 4.39 Å². The predicted octanol–water partition coefficient (Wildman–Crippen LogP) is 4.03. The molecule has 1 aromatic carbocycles. The number of thiophene rings is 1. The Hall–Kier alpha value is -1.02. The largest absolute Gasteiger partial charge is 0.244 e. The first-order valence-electron chi connectivity index (χ1n) is 6.03. The standard InChI is InChI=1S/C14H13BrFNO2S2/c1-2-7-17(10-12-4-3-8-20-12)21(18,19)14-6-5-11(16)9-13(14)15/h2-6,8-9H,1,7,10H2. The molecule has 3 nitrogen and oxygen atoms in total. The highest BCUT2D eigenvalue weighted by Gasteiger charge is 2.26. The first kappa shape index (κ1) is 16.4. The van der Waals surface area contributed by atoms with Crippen LogP contribution in [0, 0.1) is 5.82 Å². The minimum atomic E-state index is -3.73. The number of rotatable bonds is 6. The van der Waals surface area contributed by atoms with E-state index < -0.39 is 15.8 Å². The highest BCUT2D eigenvalue weighted by Crippen LogP contribution is 2.27. The monoisotopic (exact) mass is 389 g/mol. The second-order valence-electron chi connectivity index (χ2n) is 4.24. The van der Waals surface area contributed by atoms with Gasteiger partial charge in [-0.05, 0) is 45.6 Å². The van der Waals surface area contributed by atoms with Gasteiger partial charge in [0.2, 0.25) is 10.0 Å². The molecule has 112 valence electrons. The minimum Gasteiger partial charge on any atom is -0.207 e. The van der Waals surface area contributed by atoms with Crippen LogP contribution in [0.1, 0.15) is 4.88 Å². The van der Waals surface area contributed by atoms with E-state index in [1.165, 1.54) is 27.8 Å². The Bertz CT molecular complexity index is 729. The van der Waals surface area contributed by atoms with Gasteiger partial charge in [-0.2, -0.15) is 4.31 Å². The lowest BCUT2D eigenvalue weighted by Gasteiger charge is -2.20. The molecule has 0 aliphatic rings.